The monoisotopic (exact) mass is 265 g/mol. The van der Waals surface area contributed by atoms with Crippen LogP contribution in [0.2, 0.25) is 0 Å². The number of benzene rings is 1. The number of halogens is 4. The molecule has 1 N–H and O–H groups in total. The normalized spacial score (nSPS) is 23.7. The van der Waals surface area contributed by atoms with Gasteiger partial charge in [0.1, 0.15) is 5.75 Å². The summed E-state index contributed by atoms with van der Waals surface area (Å²) in [4.78, 5) is 11.3. The molecule has 0 unspecified atom stereocenters. The lowest BCUT2D eigenvalue weighted by Crippen LogP contribution is -2.56. The Labute approximate surface area is 99.5 Å². The second kappa shape index (κ2) is 3.53. The molecule has 0 saturated heterocycles. The molecule has 1 aliphatic rings. The van der Waals surface area contributed by atoms with E-state index in [0.29, 0.717) is 0 Å². The lowest BCUT2D eigenvalue weighted by atomic mass is 10.1. The molecule has 1 heterocycles. The van der Waals surface area contributed by atoms with Gasteiger partial charge in [-0.15, -0.1) is 0 Å². The minimum atomic E-state index is -5.00. The number of rotatable bonds is 0. The summed E-state index contributed by atoms with van der Waals surface area (Å²) >= 11 is 5.21. The molecule has 0 fully saturated rings. The number of hydrogen-bond donors (Lipinski definition) is 1. The van der Waals surface area contributed by atoms with Gasteiger partial charge in [-0.1, -0.05) is 17.7 Å². The van der Waals surface area contributed by atoms with Crippen LogP contribution in [0.5, 0.6) is 5.75 Å². The Bertz CT molecular complexity index is 489. The molecule has 0 radical (unpaired) electrons. The van der Waals surface area contributed by atoms with Crippen LogP contribution in [0.15, 0.2) is 18.2 Å². The molecule has 0 bridgehead atoms. The highest BCUT2D eigenvalue weighted by molar-refractivity contribution is 6.37. The molecule has 1 atom stereocenters. The summed E-state index contributed by atoms with van der Waals surface area (Å²) in [7, 11) is 0. The van der Waals surface area contributed by atoms with Gasteiger partial charge < -0.3 is 10.1 Å². The lowest BCUT2D eigenvalue weighted by molar-refractivity contribution is -0.212. The van der Waals surface area contributed by atoms with E-state index < -0.39 is 17.1 Å². The van der Waals surface area contributed by atoms with Crippen LogP contribution in [0.1, 0.15) is 5.56 Å². The van der Waals surface area contributed by atoms with Crippen LogP contribution in [0.3, 0.4) is 0 Å². The van der Waals surface area contributed by atoms with Crippen molar-refractivity contribution in [2.24, 2.45) is 0 Å². The number of fused-ring (bicyclic) bond motifs is 1. The molecular weight excluding hydrogens is 259 g/mol. The standard InChI is InChI=1S/C10H7ClF3NO2/c1-5-2-3-7-6(4-5)15-8(16)9(11,17-7)10(12,13)14/h2-4H,1H3,(H,15,16)/t9-/m0/s1. The van der Waals surface area contributed by atoms with E-state index in [9.17, 15) is 18.0 Å². The molecule has 3 nitrogen and oxygen atoms in total. The van der Waals surface area contributed by atoms with Crippen molar-refractivity contribution < 1.29 is 22.7 Å². The maximum atomic E-state index is 12.6. The van der Waals surface area contributed by atoms with E-state index in [1.165, 1.54) is 12.1 Å². The summed E-state index contributed by atoms with van der Waals surface area (Å²) < 4.78 is 42.5. The number of ether oxygens (including phenoxy) is 1. The molecular formula is C10H7ClF3NO2. The zero-order valence-corrected chi connectivity index (χ0v) is 9.32. The smallest absolute Gasteiger partial charge is 0.453 e. The number of alkyl halides is 4. The third-order valence-corrected chi connectivity index (χ3v) is 2.75. The van der Waals surface area contributed by atoms with Gasteiger partial charge in [-0.2, -0.15) is 13.2 Å². The maximum Gasteiger partial charge on any atom is 0.453 e. The molecule has 17 heavy (non-hydrogen) atoms. The van der Waals surface area contributed by atoms with Crippen LogP contribution in [-0.2, 0) is 4.79 Å². The second-order valence-corrected chi connectivity index (χ2v) is 4.18. The summed E-state index contributed by atoms with van der Waals surface area (Å²) in [6.07, 6.45) is -5.00. The zero-order valence-electron chi connectivity index (χ0n) is 8.56. The van der Waals surface area contributed by atoms with Crippen molar-refractivity contribution in [3.8, 4) is 5.75 Å². The minimum absolute atomic E-state index is 0.109. The molecule has 92 valence electrons. The first-order chi connectivity index (χ1) is 7.74. The van der Waals surface area contributed by atoms with Crippen LogP contribution in [0.4, 0.5) is 18.9 Å². The molecule has 1 aromatic carbocycles. The Morgan fingerprint density at radius 3 is 2.65 bits per heavy atom. The van der Waals surface area contributed by atoms with Gasteiger partial charge in [0.15, 0.2) is 0 Å². The van der Waals surface area contributed by atoms with Crippen molar-refractivity contribution in [2.45, 2.75) is 18.2 Å². The first-order valence-electron chi connectivity index (χ1n) is 4.61. The van der Waals surface area contributed by atoms with Crippen LogP contribution < -0.4 is 10.1 Å². The highest BCUT2D eigenvalue weighted by Crippen LogP contribution is 2.44. The maximum absolute atomic E-state index is 12.6. The molecule has 0 saturated carbocycles. The van der Waals surface area contributed by atoms with Gasteiger partial charge in [-0.05, 0) is 24.6 Å². The molecule has 0 spiro atoms. The van der Waals surface area contributed by atoms with Crippen molar-refractivity contribution >= 4 is 23.2 Å². The average molecular weight is 266 g/mol. The summed E-state index contributed by atoms with van der Waals surface area (Å²) in [6.45, 7) is 1.73. The quantitative estimate of drug-likeness (QED) is 0.733. The Hall–Kier alpha value is -1.43. The Balaban J connectivity index is 2.47. The average Bonchev–Trinajstić information content (AvgIpc) is 2.19. The van der Waals surface area contributed by atoms with E-state index in [0.717, 1.165) is 5.56 Å². The van der Waals surface area contributed by atoms with Crippen molar-refractivity contribution in [3.05, 3.63) is 23.8 Å². The Kier molecular flexibility index (Phi) is 2.50. The number of carbonyl (C=O) groups is 1. The highest BCUT2D eigenvalue weighted by Gasteiger charge is 2.64. The first kappa shape index (κ1) is 12.0. The Morgan fingerprint density at radius 1 is 1.41 bits per heavy atom. The topological polar surface area (TPSA) is 38.3 Å². The van der Waals surface area contributed by atoms with Gasteiger partial charge in [0.2, 0.25) is 0 Å². The summed E-state index contributed by atoms with van der Waals surface area (Å²) in [5.74, 6) is -1.55. The minimum Gasteiger partial charge on any atom is -0.453 e. The molecule has 2 rings (SSSR count). The van der Waals surface area contributed by atoms with E-state index in [-0.39, 0.29) is 11.4 Å². The second-order valence-electron chi connectivity index (χ2n) is 3.65. The molecule has 1 aliphatic heterocycles. The number of aryl methyl sites for hydroxylation is 1. The third-order valence-electron chi connectivity index (χ3n) is 2.29. The summed E-state index contributed by atoms with van der Waals surface area (Å²) in [6, 6.07) is 4.39. The predicted octanol–water partition coefficient (Wildman–Crippen LogP) is 2.82. The van der Waals surface area contributed by atoms with E-state index in [1.807, 2.05) is 0 Å². The van der Waals surface area contributed by atoms with Gasteiger partial charge >= 0.3 is 11.2 Å². The Morgan fingerprint density at radius 2 is 2.06 bits per heavy atom. The fourth-order valence-electron chi connectivity index (χ4n) is 1.42. The molecule has 1 aromatic rings. The summed E-state index contributed by atoms with van der Waals surface area (Å²) in [5, 5.41) is -1.28. The van der Waals surface area contributed by atoms with Crippen molar-refractivity contribution in [1.29, 1.82) is 0 Å². The van der Waals surface area contributed by atoms with Crippen molar-refractivity contribution in [1.82, 2.24) is 0 Å². The fraction of sp³-hybridized carbons (Fsp3) is 0.300. The van der Waals surface area contributed by atoms with Crippen LogP contribution >= 0.6 is 11.6 Å². The van der Waals surface area contributed by atoms with Crippen LogP contribution in [0.25, 0.3) is 0 Å². The molecule has 0 aliphatic carbocycles. The number of anilines is 1. The molecule has 0 aromatic heterocycles. The third kappa shape index (κ3) is 1.82. The largest absolute Gasteiger partial charge is 0.453 e. The van der Waals surface area contributed by atoms with Crippen LogP contribution in [0, 0.1) is 6.92 Å². The fourth-order valence-corrected chi connectivity index (χ4v) is 1.55. The van der Waals surface area contributed by atoms with E-state index in [1.54, 1.807) is 13.0 Å². The van der Waals surface area contributed by atoms with Crippen molar-refractivity contribution in [3.63, 3.8) is 0 Å². The van der Waals surface area contributed by atoms with Gasteiger partial charge in [-0.25, -0.2) is 0 Å². The van der Waals surface area contributed by atoms with Gasteiger partial charge in [0.05, 0.1) is 5.69 Å². The zero-order chi connectivity index (χ0) is 12.8. The highest BCUT2D eigenvalue weighted by atomic mass is 35.5. The summed E-state index contributed by atoms with van der Waals surface area (Å²) in [5.41, 5.74) is 0.956. The van der Waals surface area contributed by atoms with E-state index in [4.69, 9.17) is 11.6 Å². The van der Waals surface area contributed by atoms with E-state index in [2.05, 4.69) is 10.1 Å². The SMILES string of the molecule is Cc1ccc2c(c1)NC(=O)[C@@](Cl)(C(F)(F)F)O2. The van der Waals surface area contributed by atoms with Gasteiger partial charge in [-0.3, -0.25) is 4.79 Å². The lowest BCUT2D eigenvalue weighted by Gasteiger charge is -2.33. The first-order valence-corrected chi connectivity index (χ1v) is 4.98. The van der Waals surface area contributed by atoms with Gasteiger partial charge in [0, 0.05) is 0 Å². The van der Waals surface area contributed by atoms with Gasteiger partial charge in [0.25, 0.3) is 5.91 Å². The molecule has 7 heteroatoms. The predicted molar refractivity (Wildman–Crippen MR) is 55.1 cm³/mol. The number of nitrogens with one attached hydrogen (secondary N) is 1. The number of amides is 1. The molecule has 1 amide bonds. The number of hydrogen-bond acceptors (Lipinski definition) is 2. The van der Waals surface area contributed by atoms with E-state index >= 15 is 0 Å². The van der Waals surface area contributed by atoms with Crippen molar-refractivity contribution in [2.75, 3.05) is 5.32 Å². The van der Waals surface area contributed by atoms with Crippen LogP contribution in [-0.4, -0.2) is 17.1 Å². The number of carbonyl (C=O) groups excluding carboxylic acids is 1.